The van der Waals surface area contributed by atoms with Crippen molar-refractivity contribution >= 4 is 5.78 Å². The summed E-state index contributed by atoms with van der Waals surface area (Å²) in [6.07, 6.45) is 8.12. The second-order valence-corrected chi connectivity index (χ2v) is 5.21. The van der Waals surface area contributed by atoms with Gasteiger partial charge in [-0.1, -0.05) is 57.2 Å². The lowest BCUT2D eigenvalue weighted by Gasteiger charge is -2.08. The molecule has 1 heteroatoms. The number of hydrogen-bond donors (Lipinski definition) is 0. The highest BCUT2D eigenvalue weighted by atomic mass is 16.1. The predicted molar refractivity (Wildman–Crippen MR) is 78.2 cm³/mol. The molecule has 18 heavy (non-hydrogen) atoms. The summed E-state index contributed by atoms with van der Waals surface area (Å²) in [6.45, 7) is 6.29. The van der Waals surface area contributed by atoms with E-state index in [1.165, 1.54) is 32.1 Å². The van der Waals surface area contributed by atoms with E-state index in [1.807, 2.05) is 32.0 Å². The Morgan fingerprint density at radius 1 is 0.944 bits per heavy atom. The molecule has 0 radical (unpaired) electrons. The van der Waals surface area contributed by atoms with Crippen LogP contribution in [-0.2, 0) is 0 Å². The first kappa shape index (κ1) is 14.9. The summed E-state index contributed by atoms with van der Waals surface area (Å²) in [5, 5.41) is 0. The third-order valence-electron chi connectivity index (χ3n) is 3.52. The van der Waals surface area contributed by atoms with Crippen LogP contribution < -0.4 is 0 Å². The van der Waals surface area contributed by atoms with Crippen molar-refractivity contribution in [1.29, 1.82) is 0 Å². The van der Waals surface area contributed by atoms with Gasteiger partial charge in [-0.25, -0.2) is 0 Å². The third kappa shape index (κ3) is 4.64. The minimum atomic E-state index is 0.320. The van der Waals surface area contributed by atoms with E-state index in [1.54, 1.807) is 0 Å². The predicted octanol–water partition coefficient (Wildman–Crippen LogP) is 5.24. The fraction of sp³-hybridized carbons (Fsp3) is 0.588. The van der Waals surface area contributed by atoms with Crippen molar-refractivity contribution in [3.05, 3.63) is 34.9 Å². The van der Waals surface area contributed by atoms with E-state index in [4.69, 9.17) is 0 Å². The highest BCUT2D eigenvalue weighted by Gasteiger charge is 2.10. The number of benzene rings is 1. The Kier molecular flexibility index (Phi) is 6.70. The van der Waals surface area contributed by atoms with E-state index < -0.39 is 0 Å². The van der Waals surface area contributed by atoms with Crippen molar-refractivity contribution in [2.75, 3.05) is 0 Å². The first-order chi connectivity index (χ1) is 8.66. The SMILES string of the molecule is CCCCCCCCC(=O)c1c(C)cccc1C. The maximum Gasteiger partial charge on any atom is 0.163 e. The molecule has 0 bridgehead atoms. The van der Waals surface area contributed by atoms with Crippen molar-refractivity contribution in [2.45, 2.75) is 65.7 Å². The van der Waals surface area contributed by atoms with E-state index >= 15 is 0 Å². The highest BCUT2D eigenvalue weighted by Crippen LogP contribution is 2.17. The van der Waals surface area contributed by atoms with Crippen LogP contribution in [0.5, 0.6) is 0 Å². The van der Waals surface area contributed by atoms with Crippen LogP contribution in [0.1, 0.15) is 73.4 Å². The maximum absolute atomic E-state index is 12.2. The van der Waals surface area contributed by atoms with Gasteiger partial charge in [0.2, 0.25) is 0 Å². The number of hydrogen-bond acceptors (Lipinski definition) is 1. The van der Waals surface area contributed by atoms with Gasteiger partial charge in [0.05, 0.1) is 0 Å². The van der Waals surface area contributed by atoms with Gasteiger partial charge >= 0.3 is 0 Å². The summed E-state index contributed by atoms with van der Waals surface area (Å²) in [5.74, 6) is 0.320. The van der Waals surface area contributed by atoms with Gasteiger partial charge in [-0.15, -0.1) is 0 Å². The van der Waals surface area contributed by atoms with E-state index in [9.17, 15) is 4.79 Å². The van der Waals surface area contributed by atoms with E-state index in [0.717, 1.165) is 23.1 Å². The van der Waals surface area contributed by atoms with Crippen LogP contribution >= 0.6 is 0 Å². The monoisotopic (exact) mass is 246 g/mol. The molecule has 1 rings (SSSR count). The normalized spacial score (nSPS) is 10.6. The molecule has 0 aromatic heterocycles. The molecule has 1 aromatic carbocycles. The van der Waals surface area contributed by atoms with Gasteiger partial charge in [-0.05, 0) is 31.4 Å². The molecule has 0 aliphatic carbocycles. The molecule has 0 saturated heterocycles. The lowest BCUT2D eigenvalue weighted by molar-refractivity contribution is 0.0978. The molecule has 0 atom stereocenters. The van der Waals surface area contributed by atoms with Crippen LogP contribution in [0.4, 0.5) is 0 Å². The number of rotatable bonds is 8. The Morgan fingerprint density at radius 2 is 1.50 bits per heavy atom. The van der Waals surface area contributed by atoms with Gasteiger partial charge in [0.1, 0.15) is 0 Å². The van der Waals surface area contributed by atoms with Crippen LogP contribution in [0.2, 0.25) is 0 Å². The minimum absolute atomic E-state index is 0.320. The fourth-order valence-corrected chi connectivity index (χ4v) is 2.45. The highest BCUT2D eigenvalue weighted by molar-refractivity contribution is 5.98. The average Bonchev–Trinajstić information content (AvgIpc) is 2.33. The summed E-state index contributed by atoms with van der Waals surface area (Å²) < 4.78 is 0. The van der Waals surface area contributed by atoms with Crippen molar-refractivity contribution in [1.82, 2.24) is 0 Å². The van der Waals surface area contributed by atoms with Crippen LogP contribution in [0, 0.1) is 13.8 Å². The summed E-state index contributed by atoms with van der Waals surface area (Å²) in [7, 11) is 0. The molecule has 0 amide bonds. The Bertz CT molecular complexity index is 359. The second-order valence-electron chi connectivity index (χ2n) is 5.21. The molecule has 0 N–H and O–H groups in total. The molecule has 100 valence electrons. The summed E-state index contributed by atoms with van der Waals surface area (Å²) >= 11 is 0. The van der Waals surface area contributed by atoms with Crippen LogP contribution in [-0.4, -0.2) is 5.78 Å². The van der Waals surface area contributed by atoms with Gasteiger partial charge in [0.25, 0.3) is 0 Å². The van der Waals surface area contributed by atoms with E-state index in [-0.39, 0.29) is 0 Å². The van der Waals surface area contributed by atoms with Crippen LogP contribution in [0.15, 0.2) is 18.2 Å². The van der Waals surface area contributed by atoms with Crippen molar-refractivity contribution in [3.63, 3.8) is 0 Å². The molecule has 0 spiro atoms. The topological polar surface area (TPSA) is 17.1 Å². The summed E-state index contributed by atoms with van der Waals surface area (Å²) in [5.41, 5.74) is 3.18. The van der Waals surface area contributed by atoms with Crippen molar-refractivity contribution < 1.29 is 4.79 Å². The summed E-state index contributed by atoms with van der Waals surface area (Å²) in [6, 6.07) is 6.08. The van der Waals surface area contributed by atoms with Gasteiger partial charge in [0, 0.05) is 12.0 Å². The molecule has 1 nitrogen and oxygen atoms in total. The number of unbranched alkanes of at least 4 members (excludes halogenated alkanes) is 5. The van der Waals surface area contributed by atoms with Crippen molar-refractivity contribution in [3.8, 4) is 0 Å². The number of ketones is 1. The van der Waals surface area contributed by atoms with Crippen LogP contribution in [0.3, 0.4) is 0 Å². The lowest BCUT2D eigenvalue weighted by atomic mass is 9.96. The largest absolute Gasteiger partial charge is 0.294 e. The fourth-order valence-electron chi connectivity index (χ4n) is 2.45. The Balaban J connectivity index is 2.37. The second kappa shape index (κ2) is 8.07. The maximum atomic E-state index is 12.2. The number of carbonyl (C=O) groups excluding carboxylic acids is 1. The number of carbonyl (C=O) groups is 1. The molecule has 0 unspecified atom stereocenters. The smallest absolute Gasteiger partial charge is 0.163 e. The standard InChI is InChI=1S/C17H26O/c1-4-5-6-7-8-9-13-16(18)17-14(2)11-10-12-15(17)3/h10-12H,4-9,13H2,1-3H3. The zero-order chi connectivity index (χ0) is 13.4. The average molecular weight is 246 g/mol. The van der Waals surface area contributed by atoms with Crippen molar-refractivity contribution in [2.24, 2.45) is 0 Å². The molecule has 0 saturated carbocycles. The molecule has 0 heterocycles. The zero-order valence-corrected chi connectivity index (χ0v) is 12.1. The first-order valence-electron chi connectivity index (χ1n) is 7.26. The third-order valence-corrected chi connectivity index (χ3v) is 3.52. The Morgan fingerprint density at radius 3 is 2.11 bits per heavy atom. The number of Topliss-reactive ketones (excluding diaryl/α,β-unsaturated/α-hetero) is 1. The van der Waals surface area contributed by atoms with Crippen LogP contribution in [0.25, 0.3) is 0 Å². The molecule has 0 aliphatic rings. The number of aryl methyl sites for hydroxylation is 2. The molecule has 0 fully saturated rings. The van der Waals surface area contributed by atoms with E-state index in [0.29, 0.717) is 12.2 Å². The van der Waals surface area contributed by atoms with Gasteiger partial charge < -0.3 is 0 Å². The van der Waals surface area contributed by atoms with Gasteiger partial charge in [-0.3, -0.25) is 4.79 Å². The molecule has 1 aromatic rings. The molecular formula is C17H26O. The Labute approximate surface area is 112 Å². The lowest BCUT2D eigenvalue weighted by Crippen LogP contribution is -2.04. The Hall–Kier alpha value is -1.11. The van der Waals surface area contributed by atoms with Gasteiger partial charge in [-0.2, -0.15) is 0 Å². The summed E-state index contributed by atoms with van der Waals surface area (Å²) in [4.78, 5) is 12.2. The first-order valence-corrected chi connectivity index (χ1v) is 7.26. The van der Waals surface area contributed by atoms with Gasteiger partial charge in [0.15, 0.2) is 5.78 Å². The minimum Gasteiger partial charge on any atom is -0.294 e. The van der Waals surface area contributed by atoms with E-state index in [2.05, 4.69) is 6.92 Å². The zero-order valence-electron chi connectivity index (χ0n) is 12.1. The molecule has 0 aliphatic heterocycles. The quantitative estimate of drug-likeness (QED) is 0.453. The molecular weight excluding hydrogens is 220 g/mol.